The number of hydrogen-bond donors (Lipinski definition) is 3. The Morgan fingerprint density at radius 1 is 1.27 bits per heavy atom. The molecule has 0 bridgehead atoms. The van der Waals surface area contributed by atoms with E-state index in [-0.39, 0.29) is 29.8 Å². The molecule has 2 atom stereocenters. The van der Waals surface area contributed by atoms with E-state index in [2.05, 4.69) is 5.32 Å². The van der Waals surface area contributed by atoms with Crippen LogP contribution in [0, 0.1) is 5.82 Å². The van der Waals surface area contributed by atoms with Crippen molar-refractivity contribution in [1.29, 1.82) is 0 Å². The van der Waals surface area contributed by atoms with Crippen molar-refractivity contribution in [2.24, 2.45) is 5.73 Å². The van der Waals surface area contributed by atoms with E-state index in [4.69, 9.17) is 5.73 Å². The van der Waals surface area contributed by atoms with Gasteiger partial charge in [0.2, 0.25) is 5.91 Å². The molecule has 0 radical (unpaired) electrons. The Balaban J connectivity index is 1.83. The predicted molar refractivity (Wildman–Crippen MR) is 113 cm³/mol. The van der Waals surface area contributed by atoms with E-state index < -0.39 is 21.9 Å². The summed E-state index contributed by atoms with van der Waals surface area (Å²) >= 11 is 0. The summed E-state index contributed by atoms with van der Waals surface area (Å²) in [5, 5.41) is 12.6. The fourth-order valence-electron chi connectivity index (χ4n) is 3.54. The number of anilines is 2. The number of nitrogens with one attached hydrogen (secondary N) is 1. The average Bonchev–Trinajstić information content (AvgIpc) is 2.66. The van der Waals surface area contributed by atoms with Crippen molar-refractivity contribution in [3.05, 3.63) is 53.8 Å². The number of benzene rings is 2. The number of aryl methyl sites for hydroxylation is 1. The van der Waals surface area contributed by atoms with Crippen LogP contribution in [0.25, 0.3) is 0 Å². The Kier molecular flexibility index (Phi) is 6.74. The number of sulfonamides is 1. The highest BCUT2D eigenvalue weighted by Crippen LogP contribution is 2.34. The molecule has 0 saturated carbocycles. The van der Waals surface area contributed by atoms with Crippen LogP contribution < -0.4 is 15.4 Å². The smallest absolute Gasteiger partial charge is 0.264 e. The molecule has 0 fully saturated rings. The Labute approximate surface area is 175 Å². The van der Waals surface area contributed by atoms with Gasteiger partial charge in [0.1, 0.15) is 5.82 Å². The number of carbonyl (C=O) groups is 1. The van der Waals surface area contributed by atoms with Crippen molar-refractivity contribution >= 4 is 27.3 Å². The summed E-state index contributed by atoms with van der Waals surface area (Å²) in [6, 6.07) is 9.60. The lowest BCUT2D eigenvalue weighted by molar-refractivity contribution is -0.118. The van der Waals surface area contributed by atoms with E-state index in [1.165, 1.54) is 16.4 Å². The van der Waals surface area contributed by atoms with Crippen molar-refractivity contribution in [2.75, 3.05) is 16.2 Å². The monoisotopic (exact) mass is 435 g/mol. The fraction of sp³-hybridized carbons (Fsp3) is 0.381. The van der Waals surface area contributed by atoms with Gasteiger partial charge in [0, 0.05) is 18.3 Å². The van der Waals surface area contributed by atoms with E-state index in [9.17, 15) is 22.7 Å². The van der Waals surface area contributed by atoms with Crippen molar-refractivity contribution < 1.29 is 22.7 Å². The molecule has 1 aliphatic heterocycles. The van der Waals surface area contributed by atoms with E-state index in [1.54, 1.807) is 25.1 Å². The minimum absolute atomic E-state index is 0.00483. The molecular formula is C21H26FN3O4S. The topological polar surface area (TPSA) is 113 Å². The van der Waals surface area contributed by atoms with Crippen LogP contribution in [-0.4, -0.2) is 38.1 Å². The summed E-state index contributed by atoms with van der Waals surface area (Å²) in [4.78, 5) is 12.2. The first-order valence-electron chi connectivity index (χ1n) is 9.81. The Bertz CT molecular complexity index is 1010. The lowest BCUT2D eigenvalue weighted by Gasteiger charge is -2.31. The molecule has 2 aromatic rings. The van der Waals surface area contributed by atoms with Gasteiger partial charge in [0.25, 0.3) is 10.0 Å². The molecule has 0 saturated heterocycles. The number of aliphatic hydroxyl groups is 1. The first kappa shape index (κ1) is 22.2. The SMILES string of the molecule is CC(N)CC(O)CC(=O)Nc1ccc2c(c1)N(S(=O)(=O)c1ccc(F)cc1)CCC2. The Morgan fingerprint density at radius 3 is 2.63 bits per heavy atom. The summed E-state index contributed by atoms with van der Waals surface area (Å²) in [5.41, 5.74) is 7.41. The molecular weight excluding hydrogens is 409 g/mol. The van der Waals surface area contributed by atoms with Gasteiger partial charge < -0.3 is 16.2 Å². The minimum Gasteiger partial charge on any atom is -0.393 e. The van der Waals surface area contributed by atoms with Crippen molar-refractivity contribution in [2.45, 2.75) is 49.6 Å². The number of carbonyl (C=O) groups excluding carboxylic acids is 1. The molecule has 1 amide bonds. The third kappa shape index (κ3) is 5.16. The van der Waals surface area contributed by atoms with Crippen LogP contribution in [0.1, 0.15) is 31.7 Å². The van der Waals surface area contributed by atoms with Gasteiger partial charge in [0.05, 0.1) is 23.1 Å². The fourth-order valence-corrected chi connectivity index (χ4v) is 5.07. The Morgan fingerprint density at radius 2 is 1.97 bits per heavy atom. The second-order valence-electron chi connectivity index (χ2n) is 7.60. The lowest BCUT2D eigenvalue weighted by atomic mass is 10.0. The van der Waals surface area contributed by atoms with E-state index in [1.807, 2.05) is 0 Å². The van der Waals surface area contributed by atoms with E-state index >= 15 is 0 Å². The zero-order chi connectivity index (χ0) is 21.9. The molecule has 3 rings (SSSR count). The number of rotatable bonds is 7. The van der Waals surface area contributed by atoms with Gasteiger partial charge in [-0.25, -0.2) is 12.8 Å². The molecule has 1 aliphatic rings. The molecule has 2 aromatic carbocycles. The molecule has 7 nitrogen and oxygen atoms in total. The molecule has 9 heteroatoms. The molecule has 0 aromatic heterocycles. The lowest BCUT2D eigenvalue weighted by Crippen LogP contribution is -2.35. The van der Waals surface area contributed by atoms with Crippen molar-refractivity contribution in [3.8, 4) is 0 Å². The third-order valence-electron chi connectivity index (χ3n) is 4.91. The van der Waals surface area contributed by atoms with Crippen molar-refractivity contribution in [1.82, 2.24) is 0 Å². The molecule has 1 heterocycles. The summed E-state index contributed by atoms with van der Waals surface area (Å²) in [6.45, 7) is 2.04. The summed E-state index contributed by atoms with van der Waals surface area (Å²) in [5.74, 6) is -0.893. The van der Waals surface area contributed by atoms with Crippen LogP contribution >= 0.6 is 0 Å². The Hall–Kier alpha value is -2.49. The van der Waals surface area contributed by atoms with Crippen LogP contribution in [0.2, 0.25) is 0 Å². The standard InChI is InChI=1S/C21H26FN3O4S/c1-14(23)11-18(26)13-21(27)24-17-7-4-15-3-2-10-25(20(15)12-17)30(28,29)19-8-5-16(22)6-9-19/h4-9,12,14,18,26H,2-3,10-11,13,23H2,1H3,(H,24,27). The van der Waals surface area contributed by atoms with E-state index in [0.717, 1.165) is 17.7 Å². The molecule has 30 heavy (non-hydrogen) atoms. The maximum absolute atomic E-state index is 13.2. The van der Waals surface area contributed by atoms with Crippen LogP contribution in [0.15, 0.2) is 47.4 Å². The largest absolute Gasteiger partial charge is 0.393 e. The number of aliphatic hydroxyl groups excluding tert-OH is 1. The molecule has 2 unspecified atom stereocenters. The number of fused-ring (bicyclic) bond motifs is 1. The third-order valence-corrected chi connectivity index (χ3v) is 6.74. The second-order valence-corrected chi connectivity index (χ2v) is 9.46. The van der Waals surface area contributed by atoms with Gasteiger partial charge >= 0.3 is 0 Å². The van der Waals surface area contributed by atoms with Gasteiger partial charge in [-0.15, -0.1) is 0 Å². The first-order chi connectivity index (χ1) is 14.2. The number of hydrogen-bond acceptors (Lipinski definition) is 5. The van der Waals surface area contributed by atoms with Crippen LogP contribution in [0.4, 0.5) is 15.8 Å². The minimum atomic E-state index is -3.87. The van der Waals surface area contributed by atoms with Crippen LogP contribution in [0.3, 0.4) is 0 Å². The van der Waals surface area contributed by atoms with Gasteiger partial charge in [-0.05, 0) is 68.1 Å². The number of amides is 1. The highest BCUT2D eigenvalue weighted by atomic mass is 32.2. The number of nitrogens with zero attached hydrogens (tertiary/aromatic N) is 1. The van der Waals surface area contributed by atoms with Gasteiger partial charge in [-0.2, -0.15) is 0 Å². The van der Waals surface area contributed by atoms with Crippen LogP contribution in [0.5, 0.6) is 0 Å². The quantitative estimate of drug-likeness (QED) is 0.618. The van der Waals surface area contributed by atoms with E-state index in [0.29, 0.717) is 30.6 Å². The summed E-state index contributed by atoms with van der Waals surface area (Å²) in [6.07, 6.45) is 0.727. The van der Waals surface area contributed by atoms with Crippen LogP contribution in [-0.2, 0) is 21.2 Å². The molecule has 162 valence electrons. The van der Waals surface area contributed by atoms with Crippen molar-refractivity contribution in [3.63, 3.8) is 0 Å². The zero-order valence-corrected chi connectivity index (χ0v) is 17.5. The summed E-state index contributed by atoms with van der Waals surface area (Å²) in [7, 11) is -3.87. The predicted octanol–water partition coefficient (Wildman–Crippen LogP) is 2.39. The molecule has 4 N–H and O–H groups in total. The summed E-state index contributed by atoms with van der Waals surface area (Å²) < 4.78 is 40.7. The number of nitrogens with two attached hydrogens (primary N) is 1. The second kappa shape index (κ2) is 9.11. The first-order valence-corrected chi connectivity index (χ1v) is 11.3. The average molecular weight is 436 g/mol. The highest BCUT2D eigenvalue weighted by molar-refractivity contribution is 7.92. The maximum atomic E-state index is 13.2. The van der Waals surface area contributed by atoms with Gasteiger partial charge in [-0.1, -0.05) is 6.07 Å². The van der Waals surface area contributed by atoms with Gasteiger partial charge in [0.15, 0.2) is 0 Å². The molecule has 0 spiro atoms. The maximum Gasteiger partial charge on any atom is 0.264 e. The van der Waals surface area contributed by atoms with Gasteiger partial charge in [-0.3, -0.25) is 9.10 Å². The zero-order valence-electron chi connectivity index (χ0n) is 16.7. The normalized spacial score (nSPS) is 15.9. The number of halogens is 1. The molecule has 0 aliphatic carbocycles. The highest BCUT2D eigenvalue weighted by Gasteiger charge is 2.29.